The maximum Gasteiger partial charge on any atom is 0.277 e. The van der Waals surface area contributed by atoms with Gasteiger partial charge in [-0.1, -0.05) is 12.1 Å². The van der Waals surface area contributed by atoms with Crippen molar-refractivity contribution in [1.29, 1.82) is 5.26 Å². The first-order chi connectivity index (χ1) is 12.1. The number of hydrazone groups is 1. The fourth-order valence-electron chi connectivity index (χ4n) is 1.98. The summed E-state index contributed by atoms with van der Waals surface area (Å²) >= 11 is 0. The van der Waals surface area contributed by atoms with Gasteiger partial charge >= 0.3 is 0 Å². The third kappa shape index (κ3) is 5.99. The van der Waals surface area contributed by atoms with E-state index in [9.17, 15) is 4.79 Å². The zero-order valence-corrected chi connectivity index (χ0v) is 14.2. The van der Waals surface area contributed by atoms with Gasteiger partial charge in [0.15, 0.2) is 13.2 Å². The molecule has 2 aromatic carbocycles. The van der Waals surface area contributed by atoms with Crippen LogP contribution in [0, 0.1) is 25.2 Å². The van der Waals surface area contributed by atoms with Crippen LogP contribution in [0.2, 0.25) is 0 Å². The molecule has 0 spiro atoms. The quantitative estimate of drug-likeness (QED) is 0.622. The van der Waals surface area contributed by atoms with Crippen LogP contribution < -0.4 is 14.9 Å². The molecule has 0 aliphatic carbocycles. The topological polar surface area (TPSA) is 83.7 Å². The van der Waals surface area contributed by atoms with Gasteiger partial charge in [-0.2, -0.15) is 10.4 Å². The highest BCUT2D eigenvalue weighted by atomic mass is 16.5. The van der Waals surface area contributed by atoms with Gasteiger partial charge < -0.3 is 9.47 Å². The van der Waals surface area contributed by atoms with E-state index >= 15 is 0 Å². The standard InChI is InChI=1S/C19H19N3O3/c1-14-3-4-15(2)18(11-14)25-13-19(23)22-21-12-16-5-7-17(8-6-16)24-10-9-20/h3-8,11-12H,10,13H2,1-2H3,(H,22,23)/b21-12-. The van der Waals surface area contributed by atoms with Crippen molar-refractivity contribution >= 4 is 12.1 Å². The molecule has 0 aliphatic rings. The second-order valence-corrected chi connectivity index (χ2v) is 5.37. The van der Waals surface area contributed by atoms with Crippen LogP contribution in [-0.2, 0) is 4.79 Å². The molecule has 0 aliphatic heterocycles. The summed E-state index contributed by atoms with van der Waals surface area (Å²) in [6.07, 6.45) is 1.52. The van der Waals surface area contributed by atoms with Gasteiger partial charge in [0.25, 0.3) is 5.91 Å². The average Bonchev–Trinajstić information content (AvgIpc) is 2.62. The van der Waals surface area contributed by atoms with E-state index in [4.69, 9.17) is 14.7 Å². The van der Waals surface area contributed by atoms with E-state index in [-0.39, 0.29) is 19.1 Å². The van der Waals surface area contributed by atoms with Crippen LogP contribution in [0.1, 0.15) is 16.7 Å². The molecule has 0 saturated heterocycles. The van der Waals surface area contributed by atoms with Gasteiger partial charge in [-0.15, -0.1) is 0 Å². The van der Waals surface area contributed by atoms with Crippen molar-refractivity contribution in [3.63, 3.8) is 0 Å². The Morgan fingerprint density at radius 2 is 1.96 bits per heavy atom. The first-order valence-electron chi connectivity index (χ1n) is 7.70. The Kier molecular flexibility index (Phi) is 6.55. The summed E-state index contributed by atoms with van der Waals surface area (Å²) in [5.41, 5.74) is 5.25. The first-order valence-corrected chi connectivity index (χ1v) is 7.70. The molecule has 0 unspecified atom stereocenters. The molecule has 0 atom stereocenters. The highest BCUT2D eigenvalue weighted by molar-refractivity contribution is 5.83. The summed E-state index contributed by atoms with van der Waals surface area (Å²) in [7, 11) is 0. The van der Waals surface area contributed by atoms with E-state index in [1.807, 2.05) is 38.1 Å². The van der Waals surface area contributed by atoms with Crippen molar-refractivity contribution in [3.05, 3.63) is 59.2 Å². The van der Waals surface area contributed by atoms with Gasteiger partial charge in [-0.3, -0.25) is 4.79 Å². The molecule has 6 heteroatoms. The van der Waals surface area contributed by atoms with Crippen molar-refractivity contribution in [1.82, 2.24) is 5.43 Å². The predicted octanol–water partition coefficient (Wildman–Crippen LogP) is 2.73. The Bertz CT molecular complexity index is 793. The minimum atomic E-state index is -0.342. The molecule has 1 N–H and O–H groups in total. The predicted molar refractivity (Wildman–Crippen MR) is 94.7 cm³/mol. The van der Waals surface area contributed by atoms with Crippen molar-refractivity contribution in [2.75, 3.05) is 13.2 Å². The normalized spacial score (nSPS) is 10.3. The summed E-state index contributed by atoms with van der Waals surface area (Å²) in [5.74, 6) is 0.947. The maximum atomic E-state index is 11.8. The highest BCUT2D eigenvalue weighted by Gasteiger charge is 2.04. The highest BCUT2D eigenvalue weighted by Crippen LogP contribution is 2.18. The van der Waals surface area contributed by atoms with E-state index in [2.05, 4.69) is 10.5 Å². The van der Waals surface area contributed by atoms with Crippen LogP contribution in [0.15, 0.2) is 47.6 Å². The Balaban J connectivity index is 1.80. The first kappa shape index (κ1) is 18.0. The number of hydrogen-bond acceptors (Lipinski definition) is 5. The number of benzene rings is 2. The van der Waals surface area contributed by atoms with Crippen molar-refractivity contribution in [3.8, 4) is 17.6 Å². The zero-order chi connectivity index (χ0) is 18.1. The van der Waals surface area contributed by atoms with Crippen LogP contribution >= 0.6 is 0 Å². The number of ether oxygens (including phenoxy) is 2. The molecule has 25 heavy (non-hydrogen) atoms. The number of aryl methyl sites for hydroxylation is 2. The minimum Gasteiger partial charge on any atom is -0.483 e. The molecule has 0 heterocycles. The third-order valence-electron chi connectivity index (χ3n) is 3.29. The summed E-state index contributed by atoms with van der Waals surface area (Å²) in [5, 5.41) is 12.3. The second-order valence-electron chi connectivity index (χ2n) is 5.37. The van der Waals surface area contributed by atoms with E-state index < -0.39 is 0 Å². The molecule has 2 aromatic rings. The van der Waals surface area contributed by atoms with Gasteiger partial charge in [-0.25, -0.2) is 5.43 Å². The molecule has 0 saturated carbocycles. The number of amides is 1. The summed E-state index contributed by atoms with van der Waals surface area (Å²) in [4.78, 5) is 11.8. The van der Waals surface area contributed by atoms with Crippen LogP contribution in [0.3, 0.4) is 0 Å². The Hall–Kier alpha value is -3.33. The molecular formula is C19H19N3O3. The number of carbonyl (C=O) groups is 1. The molecule has 0 bridgehead atoms. The van der Waals surface area contributed by atoms with Crippen molar-refractivity contribution < 1.29 is 14.3 Å². The van der Waals surface area contributed by atoms with Crippen LogP contribution in [-0.4, -0.2) is 25.3 Å². The Morgan fingerprint density at radius 3 is 2.68 bits per heavy atom. The molecule has 0 aromatic heterocycles. The summed E-state index contributed by atoms with van der Waals surface area (Å²) in [6, 6.07) is 14.7. The van der Waals surface area contributed by atoms with Crippen molar-refractivity contribution in [2.24, 2.45) is 5.10 Å². The number of nitrogens with one attached hydrogen (secondary N) is 1. The van der Waals surface area contributed by atoms with Gasteiger partial charge in [0.05, 0.1) is 6.21 Å². The number of carbonyl (C=O) groups excluding carboxylic acids is 1. The molecule has 1 amide bonds. The fourth-order valence-corrected chi connectivity index (χ4v) is 1.98. The minimum absolute atomic E-state index is 0.00388. The lowest BCUT2D eigenvalue weighted by Crippen LogP contribution is -2.24. The SMILES string of the molecule is Cc1ccc(C)c(OCC(=O)N/N=C\c2ccc(OCC#N)cc2)c1. The molecule has 128 valence electrons. The van der Waals surface area contributed by atoms with Crippen molar-refractivity contribution in [2.45, 2.75) is 13.8 Å². The smallest absolute Gasteiger partial charge is 0.277 e. The van der Waals surface area contributed by atoms with Gasteiger partial charge in [-0.05, 0) is 60.9 Å². The third-order valence-corrected chi connectivity index (χ3v) is 3.29. The van der Waals surface area contributed by atoms with E-state index in [1.165, 1.54) is 6.21 Å². The second kappa shape index (κ2) is 9.08. The lowest BCUT2D eigenvalue weighted by molar-refractivity contribution is -0.123. The van der Waals surface area contributed by atoms with Gasteiger partial charge in [0, 0.05) is 0 Å². The number of nitriles is 1. The largest absolute Gasteiger partial charge is 0.483 e. The molecule has 6 nitrogen and oxygen atoms in total. The lowest BCUT2D eigenvalue weighted by atomic mass is 10.1. The van der Waals surface area contributed by atoms with Crippen LogP contribution in [0.5, 0.6) is 11.5 Å². The van der Waals surface area contributed by atoms with Gasteiger partial charge in [0.2, 0.25) is 0 Å². The fraction of sp³-hybridized carbons (Fsp3) is 0.211. The van der Waals surface area contributed by atoms with Gasteiger partial charge in [0.1, 0.15) is 17.6 Å². The van der Waals surface area contributed by atoms with E-state index in [1.54, 1.807) is 24.3 Å². The van der Waals surface area contributed by atoms with E-state index in [0.717, 1.165) is 16.7 Å². The number of rotatable bonds is 7. The number of hydrogen-bond donors (Lipinski definition) is 1. The lowest BCUT2D eigenvalue weighted by Gasteiger charge is -2.08. The van der Waals surface area contributed by atoms with E-state index in [0.29, 0.717) is 11.5 Å². The maximum absolute atomic E-state index is 11.8. The molecular weight excluding hydrogens is 318 g/mol. The van der Waals surface area contributed by atoms with Crippen LogP contribution in [0.25, 0.3) is 0 Å². The Labute approximate surface area is 146 Å². The monoisotopic (exact) mass is 337 g/mol. The zero-order valence-electron chi connectivity index (χ0n) is 14.2. The molecule has 2 rings (SSSR count). The summed E-state index contributed by atoms with van der Waals surface area (Å²) < 4.78 is 10.7. The summed E-state index contributed by atoms with van der Waals surface area (Å²) in [6.45, 7) is 3.79. The van der Waals surface area contributed by atoms with Crippen LogP contribution in [0.4, 0.5) is 0 Å². The average molecular weight is 337 g/mol. The number of nitrogens with zero attached hydrogens (tertiary/aromatic N) is 2. The Morgan fingerprint density at radius 1 is 1.20 bits per heavy atom. The molecule has 0 fully saturated rings. The molecule has 0 radical (unpaired) electrons.